The summed E-state index contributed by atoms with van der Waals surface area (Å²) in [5.74, 6) is 0. The van der Waals surface area contributed by atoms with Crippen molar-refractivity contribution < 1.29 is 44.8 Å². The Morgan fingerprint density at radius 3 is 1.22 bits per heavy atom. The van der Waals surface area contributed by atoms with Crippen molar-refractivity contribution in [1.29, 1.82) is 0 Å². The molecule has 0 bridgehead atoms. The molecule has 0 aliphatic heterocycles. The SMILES string of the molecule is CCOP(=O)(OCC)C(F)(F)c1ccc2ccc(C(F)(F)P(=O)(OCC)OCC)cc2c1. The normalized spacial score (nSPS) is 13.6. The van der Waals surface area contributed by atoms with Crippen molar-refractivity contribution in [3.05, 3.63) is 47.5 Å². The van der Waals surface area contributed by atoms with E-state index in [2.05, 4.69) is 0 Å². The molecule has 2 aromatic carbocycles. The van der Waals surface area contributed by atoms with E-state index in [-0.39, 0.29) is 31.8 Å². The van der Waals surface area contributed by atoms with Crippen LogP contribution in [0.15, 0.2) is 36.4 Å². The predicted molar refractivity (Wildman–Crippen MR) is 113 cm³/mol. The van der Waals surface area contributed by atoms with Crippen LogP contribution in [-0.2, 0) is 38.6 Å². The molecule has 180 valence electrons. The topological polar surface area (TPSA) is 71.1 Å². The Balaban J connectivity index is 2.61. The lowest BCUT2D eigenvalue weighted by Gasteiger charge is -2.27. The highest BCUT2D eigenvalue weighted by Crippen LogP contribution is 2.68. The van der Waals surface area contributed by atoms with E-state index in [1.807, 2.05) is 0 Å². The van der Waals surface area contributed by atoms with E-state index in [0.29, 0.717) is 5.39 Å². The highest BCUT2D eigenvalue weighted by atomic mass is 31.2. The van der Waals surface area contributed by atoms with E-state index in [0.717, 1.165) is 24.3 Å². The minimum Gasteiger partial charge on any atom is -0.304 e. The van der Waals surface area contributed by atoms with Crippen LogP contribution in [0.1, 0.15) is 38.8 Å². The summed E-state index contributed by atoms with van der Waals surface area (Å²) >= 11 is 0. The fourth-order valence-electron chi connectivity index (χ4n) is 3.02. The lowest BCUT2D eigenvalue weighted by molar-refractivity contribution is 0.0358. The van der Waals surface area contributed by atoms with Crippen molar-refractivity contribution in [2.45, 2.75) is 39.0 Å². The summed E-state index contributed by atoms with van der Waals surface area (Å²) in [7, 11) is -9.75. The molecule has 0 amide bonds. The number of benzene rings is 2. The smallest absolute Gasteiger partial charge is 0.304 e. The molecule has 32 heavy (non-hydrogen) atoms. The zero-order chi connectivity index (χ0) is 24.2. The fraction of sp³-hybridized carbons (Fsp3) is 0.500. The average molecular weight is 500 g/mol. The van der Waals surface area contributed by atoms with Crippen LogP contribution in [0, 0.1) is 0 Å². The van der Waals surface area contributed by atoms with Crippen LogP contribution < -0.4 is 0 Å². The van der Waals surface area contributed by atoms with Crippen molar-refractivity contribution in [2.24, 2.45) is 0 Å². The van der Waals surface area contributed by atoms with Crippen molar-refractivity contribution >= 4 is 26.0 Å². The van der Waals surface area contributed by atoms with Gasteiger partial charge in [-0.15, -0.1) is 0 Å². The molecule has 0 radical (unpaired) electrons. The van der Waals surface area contributed by atoms with E-state index in [1.165, 1.54) is 39.8 Å². The second kappa shape index (κ2) is 10.3. The molecule has 0 atom stereocenters. The molecule has 0 N–H and O–H groups in total. The van der Waals surface area contributed by atoms with Gasteiger partial charge in [0.05, 0.1) is 26.4 Å². The summed E-state index contributed by atoms with van der Waals surface area (Å²) in [4.78, 5) is 0. The number of hydrogen-bond acceptors (Lipinski definition) is 6. The van der Waals surface area contributed by atoms with Crippen LogP contribution in [-0.4, -0.2) is 26.4 Å². The van der Waals surface area contributed by atoms with Gasteiger partial charge in [0.25, 0.3) is 0 Å². The van der Waals surface area contributed by atoms with Crippen LogP contribution in [0.3, 0.4) is 0 Å². The van der Waals surface area contributed by atoms with Crippen LogP contribution in [0.5, 0.6) is 0 Å². The Bertz CT molecular complexity index is 934. The number of rotatable bonds is 12. The summed E-state index contributed by atoms with van der Waals surface area (Å²) < 4.78 is 105. The van der Waals surface area contributed by atoms with Gasteiger partial charge in [0.2, 0.25) is 0 Å². The van der Waals surface area contributed by atoms with Gasteiger partial charge in [-0.25, -0.2) is 0 Å². The van der Waals surface area contributed by atoms with Crippen LogP contribution >= 0.6 is 15.2 Å². The maximum Gasteiger partial charge on any atom is 0.404 e. The monoisotopic (exact) mass is 500 g/mol. The fourth-order valence-corrected chi connectivity index (χ4v) is 6.08. The van der Waals surface area contributed by atoms with E-state index in [1.54, 1.807) is 0 Å². The molecular weight excluding hydrogens is 474 g/mol. The van der Waals surface area contributed by atoms with Gasteiger partial charge >= 0.3 is 26.5 Å². The molecule has 6 nitrogen and oxygen atoms in total. The molecule has 0 aliphatic rings. The second-order valence-electron chi connectivity index (χ2n) is 6.53. The van der Waals surface area contributed by atoms with Gasteiger partial charge in [-0.1, -0.05) is 24.3 Å². The Morgan fingerprint density at radius 1 is 0.625 bits per heavy atom. The van der Waals surface area contributed by atoms with Crippen molar-refractivity contribution in [3.8, 4) is 0 Å². The number of halogens is 4. The van der Waals surface area contributed by atoms with Gasteiger partial charge < -0.3 is 18.1 Å². The molecular formula is C20H26F4O6P2. The van der Waals surface area contributed by atoms with Gasteiger partial charge in [-0.05, 0) is 50.6 Å². The summed E-state index contributed by atoms with van der Waals surface area (Å²) in [6, 6.07) is 6.44. The maximum atomic E-state index is 15.1. The van der Waals surface area contributed by atoms with E-state index in [9.17, 15) is 9.13 Å². The molecule has 0 spiro atoms. The highest BCUT2D eigenvalue weighted by Gasteiger charge is 2.56. The van der Waals surface area contributed by atoms with Gasteiger partial charge in [0.15, 0.2) is 0 Å². The number of alkyl halides is 4. The summed E-state index contributed by atoms with van der Waals surface area (Å²) in [6.07, 6.45) is 0. The molecule has 0 saturated heterocycles. The Labute approximate surface area is 184 Å². The van der Waals surface area contributed by atoms with E-state index >= 15 is 17.6 Å². The zero-order valence-corrected chi connectivity index (χ0v) is 19.9. The maximum absolute atomic E-state index is 15.1. The first-order valence-corrected chi connectivity index (χ1v) is 13.1. The first-order chi connectivity index (χ1) is 14.9. The second-order valence-corrected chi connectivity index (χ2v) is 10.7. The number of hydrogen-bond donors (Lipinski definition) is 0. The molecule has 2 aromatic rings. The standard InChI is InChI=1S/C20H26F4O6P2/c1-5-27-31(25,28-6-2)19(21,22)17-11-9-15-10-12-18(14-16(15)13-17)20(23,24)32(26,29-7-3)30-8-4/h9-14H,5-8H2,1-4H3. The molecule has 0 saturated carbocycles. The number of fused-ring (bicyclic) bond motifs is 1. The van der Waals surface area contributed by atoms with Crippen molar-refractivity contribution in [2.75, 3.05) is 26.4 Å². The van der Waals surface area contributed by atoms with Gasteiger partial charge in [0, 0.05) is 11.1 Å². The molecule has 0 aromatic heterocycles. The minimum atomic E-state index is -4.88. The molecule has 12 heteroatoms. The summed E-state index contributed by atoms with van der Waals surface area (Å²) in [5, 5.41) is 0.341. The van der Waals surface area contributed by atoms with Crippen molar-refractivity contribution in [3.63, 3.8) is 0 Å². The summed E-state index contributed by atoms with van der Waals surface area (Å²) in [6.45, 7) is 4.47. The Hall–Kier alpha value is -1.28. The minimum absolute atomic E-state index is 0.0153. The first kappa shape index (κ1) is 27.0. The lowest BCUT2D eigenvalue weighted by Crippen LogP contribution is -2.19. The molecule has 0 aliphatic carbocycles. The average Bonchev–Trinajstić information content (AvgIpc) is 2.73. The van der Waals surface area contributed by atoms with Crippen LogP contribution in [0.4, 0.5) is 17.6 Å². The van der Waals surface area contributed by atoms with E-state index in [4.69, 9.17) is 18.1 Å². The zero-order valence-electron chi connectivity index (χ0n) is 18.1. The van der Waals surface area contributed by atoms with Gasteiger partial charge in [-0.3, -0.25) is 9.13 Å². The third kappa shape index (κ3) is 4.96. The third-order valence-corrected chi connectivity index (χ3v) is 8.70. The Morgan fingerprint density at radius 2 is 0.938 bits per heavy atom. The van der Waals surface area contributed by atoms with Gasteiger partial charge in [-0.2, -0.15) is 17.6 Å². The molecule has 0 heterocycles. The predicted octanol–water partition coefficient (Wildman–Crippen LogP) is 7.47. The van der Waals surface area contributed by atoms with Crippen LogP contribution in [0.25, 0.3) is 10.8 Å². The quantitative estimate of drug-likeness (QED) is 0.222. The first-order valence-electron chi connectivity index (χ1n) is 10.0. The lowest BCUT2D eigenvalue weighted by atomic mass is 10.0. The van der Waals surface area contributed by atoms with Gasteiger partial charge in [0.1, 0.15) is 0 Å². The molecule has 0 unspecified atom stereocenters. The highest BCUT2D eigenvalue weighted by molar-refractivity contribution is 7.55. The van der Waals surface area contributed by atoms with E-state index < -0.39 is 37.6 Å². The molecule has 2 rings (SSSR count). The van der Waals surface area contributed by atoms with Crippen LogP contribution in [0.2, 0.25) is 0 Å². The largest absolute Gasteiger partial charge is 0.404 e. The Kier molecular flexibility index (Phi) is 8.70. The third-order valence-electron chi connectivity index (χ3n) is 4.42. The summed E-state index contributed by atoms with van der Waals surface area (Å²) in [5.41, 5.74) is -9.52. The molecule has 0 fully saturated rings. The van der Waals surface area contributed by atoms with Crippen molar-refractivity contribution in [1.82, 2.24) is 0 Å².